The molecule has 1 saturated carbocycles. The highest BCUT2D eigenvalue weighted by atomic mass is 16.3. The number of rotatable bonds is 4. The Labute approximate surface area is 111 Å². The van der Waals surface area contributed by atoms with Crippen LogP contribution in [0.25, 0.3) is 5.57 Å². The second-order valence-electron chi connectivity index (χ2n) is 5.57. The van der Waals surface area contributed by atoms with Gasteiger partial charge >= 0.3 is 0 Å². The van der Waals surface area contributed by atoms with Gasteiger partial charge in [-0.15, -0.1) is 0 Å². The van der Waals surface area contributed by atoms with Crippen LogP contribution in [0, 0.1) is 11.8 Å². The molecule has 0 heterocycles. The minimum absolute atomic E-state index is 0.149. The van der Waals surface area contributed by atoms with Gasteiger partial charge in [0.1, 0.15) is 0 Å². The van der Waals surface area contributed by atoms with Gasteiger partial charge in [-0.25, -0.2) is 0 Å². The van der Waals surface area contributed by atoms with E-state index in [1.54, 1.807) is 0 Å². The fourth-order valence-electron chi connectivity index (χ4n) is 3.01. The molecule has 1 heteroatoms. The number of aliphatic hydroxyl groups excluding tert-OH is 1. The molecule has 1 aliphatic carbocycles. The summed E-state index contributed by atoms with van der Waals surface area (Å²) in [4.78, 5) is 0. The van der Waals surface area contributed by atoms with Crippen molar-refractivity contribution >= 4 is 5.57 Å². The van der Waals surface area contributed by atoms with Gasteiger partial charge in [0.2, 0.25) is 0 Å². The molecule has 0 saturated heterocycles. The standard InChI is InChI=1S/C17H24O/c1-13(15-9-5-3-6-10-15)14(2)17(18)16-11-7-4-8-12-16/h3,5-6,9-10,14,16-18H,1,4,7-8,11-12H2,2H3/t14-,17+/m1/s1. The normalized spacial score (nSPS) is 20.3. The summed E-state index contributed by atoms with van der Waals surface area (Å²) >= 11 is 0. The first-order valence-corrected chi connectivity index (χ1v) is 7.12. The number of aliphatic hydroxyl groups is 1. The Balaban J connectivity index is 2.01. The monoisotopic (exact) mass is 244 g/mol. The molecule has 0 aliphatic heterocycles. The minimum atomic E-state index is -0.238. The maximum absolute atomic E-state index is 10.5. The molecule has 18 heavy (non-hydrogen) atoms. The molecule has 1 aromatic carbocycles. The number of hydrogen-bond donors (Lipinski definition) is 1. The summed E-state index contributed by atoms with van der Waals surface area (Å²) in [5, 5.41) is 10.5. The Morgan fingerprint density at radius 2 is 1.78 bits per heavy atom. The average Bonchev–Trinajstić information content (AvgIpc) is 2.47. The van der Waals surface area contributed by atoms with Gasteiger partial charge in [0.25, 0.3) is 0 Å². The predicted molar refractivity (Wildman–Crippen MR) is 77.2 cm³/mol. The lowest BCUT2D eigenvalue weighted by Gasteiger charge is -2.31. The van der Waals surface area contributed by atoms with Gasteiger partial charge in [-0.1, -0.05) is 63.1 Å². The van der Waals surface area contributed by atoms with E-state index < -0.39 is 0 Å². The van der Waals surface area contributed by atoms with E-state index in [4.69, 9.17) is 0 Å². The molecule has 0 aromatic heterocycles. The van der Waals surface area contributed by atoms with E-state index in [1.807, 2.05) is 18.2 Å². The van der Waals surface area contributed by atoms with E-state index in [-0.39, 0.29) is 12.0 Å². The SMILES string of the molecule is C=C(c1ccccc1)[C@@H](C)[C@H](O)C1CCCCC1. The third-order valence-corrected chi connectivity index (χ3v) is 4.34. The van der Waals surface area contributed by atoms with Crippen LogP contribution in [-0.4, -0.2) is 11.2 Å². The van der Waals surface area contributed by atoms with E-state index in [1.165, 1.54) is 32.1 Å². The number of benzene rings is 1. The van der Waals surface area contributed by atoms with E-state index in [2.05, 4.69) is 25.6 Å². The molecular weight excluding hydrogens is 220 g/mol. The molecule has 2 rings (SSSR count). The zero-order chi connectivity index (χ0) is 13.0. The Morgan fingerprint density at radius 3 is 2.39 bits per heavy atom. The van der Waals surface area contributed by atoms with Gasteiger partial charge in [0, 0.05) is 5.92 Å². The fraction of sp³-hybridized carbons (Fsp3) is 0.529. The van der Waals surface area contributed by atoms with Crippen LogP contribution in [0.15, 0.2) is 36.9 Å². The first kappa shape index (κ1) is 13.4. The van der Waals surface area contributed by atoms with Crippen molar-refractivity contribution in [1.29, 1.82) is 0 Å². The van der Waals surface area contributed by atoms with E-state index in [9.17, 15) is 5.11 Å². The molecule has 1 fully saturated rings. The maximum Gasteiger partial charge on any atom is 0.0634 e. The van der Waals surface area contributed by atoms with E-state index in [0.29, 0.717) is 5.92 Å². The van der Waals surface area contributed by atoms with Gasteiger partial charge in [-0.3, -0.25) is 0 Å². The van der Waals surface area contributed by atoms with Crippen molar-refractivity contribution in [3.8, 4) is 0 Å². The van der Waals surface area contributed by atoms with Crippen molar-refractivity contribution in [1.82, 2.24) is 0 Å². The molecule has 1 nitrogen and oxygen atoms in total. The predicted octanol–water partition coefficient (Wildman–Crippen LogP) is 4.28. The Bertz CT molecular complexity index is 376. The molecule has 0 radical (unpaired) electrons. The highest BCUT2D eigenvalue weighted by molar-refractivity contribution is 5.65. The van der Waals surface area contributed by atoms with Crippen LogP contribution in [0.5, 0.6) is 0 Å². The third kappa shape index (κ3) is 3.02. The van der Waals surface area contributed by atoms with Crippen LogP contribution in [0.3, 0.4) is 0 Å². The largest absolute Gasteiger partial charge is 0.392 e. The van der Waals surface area contributed by atoms with Crippen LogP contribution in [-0.2, 0) is 0 Å². The van der Waals surface area contributed by atoms with Crippen molar-refractivity contribution in [2.75, 3.05) is 0 Å². The molecule has 1 N–H and O–H groups in total. The summed E-state index contributed by atoms with van der Waals surface area (Å²) in [6.07, 6.45) is 5.98. The highest BCUT2D eigenvalue weighted by Crippen LogP contribution is 2.34. The lowest BCUT2D eigenvalue weighted by molar-refractivity contribution is 0.0588. The molecular formula is C17H24O. The molecule has 2 atom stereocenters. The van der Waals surface area contributed by atoms with Crippen molar-refractivity contribution in [2.24, 2.45) is 11.8 Å². The van der Waals surface area contributed by atoms with Crippen molar-refractivity contribution in [2.45, 2.75) is 45.1 Å². The Morgan fingerprint density at radius 1 is 1.17 bits per heavy atom. The second-order valence-corrected chi connectivity index (χ2v) is 5.57. The van der Waals surface area contributed by atoms with Crippen LogP contribution in [0.2, 0.25) is 0 Å². The molecule has 0 unspecified atom stereocenters. The first-order chi connectivity index (χ1) is 8.70. The van der Waals surface area contributed by atoms with Gasteiger partial charge in [-0.05, 0) is 29.9 Å². The molecule has 1 aromatic rings. The zero-order valence-corrected chi connectivity index (χ0v) is 11.3. The summed E-state index contributed by atoms with van der Waals surface area (Å²) in [5.41, 5.74) is 2.22. The Hall–Kier alpha value is -1.08. The van der Waals surface area contributed by atoms with E-state index >= 15 is 0 Å². The Kier molecular flexibility index (Phi) is 4.60. The molecule has 0 amide bonds. The lowest BCUT2D eigenvalue weighted by Crippen LogP contribution is -2.29. The molecule has 98 valence electrons. The summed E-state index contributed by atoms with van der Waals surface area (Å²) < 4.78 is 0. The van der Waals surface area contributed by atoms with Gasteiger partial charge < -0.3 is 5.11 Å². The summed E-state index contributed by atoms with van der Waals surface area (Å²) in [6.45, 7) is 6.29. The van der Waals surface area contributed by atoms with Crippen LogP contribution in [0.1, 0.15) is 44.6 Å². The minimum Gasteiger partial charge on any atom is -0.392 e. The van der Waals surface area contributed by atoms with Crippen LogP contribution in [0.4, 0.5) is 0 Å². The van der Waals surface area contributed by atoms with Gasteiger partial charge in [-0.2, -0.15) is 0 Å². The van der Waals surface area contributed by atoms with Crippen LogP contribution < -0.4 is 0 Å². The third-order valence-electron chi connectivity index (χ3n) is 4.34. The topological polar surface area (TPSA) is 20.2 Å². The molecule has 1 aliphatic rings. The first-order valence-electron chi connectivity index (χ1n) is 7.12. The molecule has 0 bridgehead atoms. The summed E-state index contributed by atoms with van der Waals surface area (Å²) in [7, 11) is 0. The molecule has 0 spiro atoms. The highest BCUT2D eigenvalue weighted by Gasteiger charge is 2.27. The quantitative estimate of drug-likeness (QED) is 0.838. The number of hydrogen-bond acceptors (Lipinski definition) is 1. The van der Waals surface area contributed by atoms with Crippen molar-refractivity contribution in [3.05, 3.63) is 42.5 Å². The summed E-state index contributed by atoms with van der Waals surface area (Å²) in [5.74, 6) is 0.615. The average molecular weight is 244 g/mol. The van der Waals surface area contributed by atoms with Crippen LogP contribution >= 0.6 is 0 Å². The fourth-order valence-corrected chi connectivity index (χ4v) is 3.01. The maximum atomic E-state index is 10.5. The van der Waals surface area contributed by atoms with Gasteiger partial charge in [0.15, 0.2) is 0 Å². The van der Waals surface area contributed by atoms with E-state index in [0.717, 1.165) is 11.1 Å². The van der Waals surface area contributed by atoms with Crippen molar-refractivity contribution < 1.29 is 5.11 Å². The van der Waals surface area contributed by atoms with Crippen molar-refractivity contribution in [3.63, 3.8) is 0 Å². The zero-order valence-electron chi connectivity index (χ0n) is 11.3. The van der Waals surface area contributed by atoms with Gasteiger partial charge in [0.05, 0.1) is 6.10 Å². The second kappa shape index (κ2) is 6.19. The lowest BCUT2D eigenvalue weighted by atomic mass is 9.78. The smallest absolute Gasteiger partial charge is 0.0634 e. The summed E-state index contributed by atoms with van der Waals surface area (Å²) in [6, 6.07) is 10.2.